The van der Waals surface area contributed by atoms with Crippen molar-refractivity contribution >= 4 is 57.7 Å². The quantitative estimate of drug-likeness (QED) is 0.0792. The van der Waals surface area contributed by atoms with Gasteiger partial charge in [-0.25, -0.2) is 0 Å². The van der Waals surface area contributed by atoms with Crippen molar-refractivity contribution in [1.29, 1.82) is 0 Å². The molecule has 5 N–H and O–H groups in total. The van der Waals surface area contributed by atoms with Crippen molar-refractivity contribution in [2.45, 2.75) is 114 Å². The molecule has 2 saturated heterocycles. The number of fused-ring (bicyclic) bond motifs is 1. The molecule has 1 unspecified atom stereocenters. The minimum absolute atomic E-state index is 0.101. The van der Waals surface area contributed by atoms with E-state index in [0.29, 0.717) is 61.3 Å². The van der Waals surface area contributed by atoms with Crippen molar-refractivity contribution < 1.29 is 28.8 Å². The highest BCUT2D eigenvalue weighted by Gasteiger charge is 2.41. The summed E-state index contributed by atoms with van der Waals surface area (Å²) in [6.45, 7) is 0.858. The lowest BCUT2D eigenvalue weighted by atomic mass is 9.88. The molecule has 4 atom stereocenters. The third kappa shape index (κ3) is 10.5. The maximum atomic E-state index is 14.2. The Balaban J connectivity index is 0.829. The topological polar surface area (TPSA) is 173 Å². The average molecular weight is 904 g/mol. The molecule has 13 heteroatoms. The zero-order chi connectivity index (χ0) is 46.3. The van der Waals surface area contributed by atoms with Gasteiger partial charge in [-0.2, -0.15) is 0 Å². The number of carbonyl (C=O) groups is 6. The van der Waals surface area contributed by atoms with Crippen LogP contribution in [0.3, 0.4) is 0 Å². The zero-order valence-corrected chi connectivity index (χ0v) is 38.0. The highest BCUT2D eigenvalue weighted by Crippen LogP contribution is 2.32. The number of aromatic amines is 1. The summed E-state index contributed by atoms with van der Waals surface area (Å²) in [6.07, 6.45) is 12.0. The zero-order valence-electron chi connectivity index (χ0n) is 38.0. The van der Waals surface area contributed by atoms with Crippen LogP contribution in [-0.4, -0.2) is 75.4 Å². The van der Waals surface area contributed by atoms with Crippen molar-refractivity contribution in [1.82, 2.24) is 25.4 Å². The Morgan fingerprint density at radius 1 is 0.478 bits per heavy atom. The molecule has 2 aliphatic heterocycles. The van der Waals surface area contributed by atoms with Crippen LogP contribution in [-0.2, 0) is 28.8 Å². The van der Waals surface area contributed by atoms with Gasteiger partial charge in [0.15, 0.2) is 0 Å². The predicted molar refractivity (Wildman–Crippen MR) is 258 cm³/mol. The van der Waals surface area contributed by atoms with Crippen molar-refractivity contribution in [3.63, 3.8) is 0 Å². The number of anilines is 2. The summed E-state index contributed by atoms with van der Waals surface area (Å²) >= 11 is 0. The monoisotopic (exact) mass is 903 g/mol. The maximum absolute atomic E-state index is 14.2. The van der Waals surface area contributed by atoms with E-state index in [1.807, 2.05) is 109 Å². The van der Waals surface area contributed by atoms with Crippen LogP contribution in [0.4, 0.5) is 11.4 Å². The lowest BCUT2D eigenvalue weighted by molar-refractivity contribution is -0.141. The van der Waals surface area contributed by atoms with E-state index in [4.69, 9.17) is 0 Å². The third-order valence-corrected chi connectivity index (χ3v) is 14.3. The molecule has 1 aromatic heterocycles. The van der Waals surface area contributed by atoms with Crippen LogP contribution in [0, 0.1) is 11.8 Å². The fourth-order valence-electron chi connectivity index (χ4n) is 10.6. The second-order valence-corrected chi connectivity index (χ2v) is 18.8. The normalized spacial score (nSPS) is 19.9. The summed E-state index contributed by atoms with van der Waals surface area (Å²) < 4.78 is 0. The summed E-state index contributed by atoms with van der Waals surface area (Å²) in [6, 6.07) is 30.6. The van der Waals surface area contributed by atoms with Crippen LogP contribution in [0.5, 0.6) is 0 Å². The van der Waals surface area contributed by atoms with Gasteiger partial charge in [-0.05, 0) is 104 Å². The number of hydrogen-bond acceptors (Lipinski definition) is 6. The first-order valence-corrected chi connectivity index (χ1v) is 24.4. The van der Waals surface area contributed by atoms with Crippen molar-refractivity contribution in [2.24, 2.45) is 11.8 Å². The first-order valence-electron chi connectivity index (χ1n) is 24.4. The van der Waals surface area contributed by atoms with Gasteiger partial charge in [0.05, 0.1) is 0 Å². The number of likely N-dealkylation sites (tertiary alicyclic amines) is 2. The minimum Gasteiger partial charge on any atom is -0.355 e. The SMILES string of the molecule is O=C(N[C@H](C(=O)N1CCCC1C(=O)Nc1ccc2[nH]c(-c3ccc(NC(=O)[C@@H]4CCCN4C(=O)[C@H](NC(=O)C4CCCCC4)c4ccccc4)cc3)cc2c1)c1ccccc1)C1CCCCC1. The molecule has 2 aliphatic carbocycles. The Hall–Kier alpha value is -6.76. The molecule has 4 aliphatic rings. The molecule has 67 heavy (non-hydrogen) atoms. The first-order chi connectivity index (χ1) is 32.7. The standard InChI is InChI=1S/C54H61N7O6/c62-49(38-19-9-3-10-20-38)58-47(36-15-5-1-6-16-36)53(66)60-31-13-23-45(60)51(64)55-41-27-25-35(26-28-41)44-34-40-33-42(29-30-43(40)57-44)56-52(65)46-24-14-32-61(46)54(67)48(37-17-7-2-8-18-37)59-50(63)39-21-11-4-12-22-39/h1-2,5-8,15-18,25-30,33-34,38-39,45-48,57H,3-4,9-14,19-24,31-32H2,(H,55,64)(H,56,65)(H,58,62)(H,59,63)/t45-,46?,47+,48-/m0/s1. The summed E-state index contributed by atoms with van der Waals surface area (Å²) in [4.78, 5) is 89.6. The van der Waals surface area contributed by atoms with Gasteiger partial charge in [-0.15, -0.1) is 0 Å². The molecular formula is C54H61N7O6. The van der Waals surface area contributed by atoms with E-state index in [0.717, 1.165) is 86.4 Å². The molecule has 4 fully saturated rings. The molecule has 3 heterocycles. The van der Waals surface area contributed by atoms with E-state index in [2.05, 4.69) is 26.3 Å². The largest absolute Gasteiger partial charge is 0.355 e. The number of aromatic nitrogens is 1. The van der Waals surface area contributed by atoms with Gasteiger partial charge in [0.1, 0.15) is 24.2 Å². The highest BCUT2D eigenvalue weighted by atomic mass is 16.2. The minimum atomic E-state index is -0.873. The second-order valence-electron chi connectivity index (χ2n) is 18.8. The molecule has 5 aromatic rings. The fraction of sp³-hybridized carbons (Fsp3) is 0.407. The number of carbonyl (C=O) groups excluding carboxylic acids is 6. The smallest absolute Gasteiger partial charge is 0.250 e. The van der Waals surface area contributed by atoms with Gasteiger partial charge < -0.3 is 36.1 Å². The lowest BCUT2D eigenvalue weighted by Gasteiger charge is -2.30. The van der Waals surface area contributed by atoms with Gasteiger partial charge in [0, 0.05) is 52.9 Å². The van der Waals surface area contributed by atoms with Gasteiger partial charge >= 0.3 is 0 Å². The molecule has 6 amide bonds. The van der Waals surface area contributed by atoms with Crippen molar-refractivity contribution in [3.8, 4) is 11.3 Å². The van der Waals surface area contributed by atoms with Gasteiger partial charge in [0.25, 0.3) is 0 Å². The molecule has 9 rings (SSSR count). The third-order valence-electron chi connectivity index (χ3n) is 14.3. The number of hydrogen-bond donors (Lipinski definition) is 5. The van der Waals surface area contributed by atoms with Gasteiger partial charge in [-0.1, -0.05) is 111 Å². The number of nitrogens with one attached hydrogen (secondary N) is 5. The Morgan fingerprint density at radius 3 is 1.43 bits per heavy atom. The molecule has 0 radical (unpaired) electrons. The van der Waals surface area contributed by atoms with Gasteiger partial charge in [0.2, 0.25) is 35.4 Å². The summed E-state index contributed by atoms with van der Waals surface area (Å²) in [5, 5.41) is 13.1. The van der Waals surface area contributed by atoms with Gasteiger partial charge in [-0.3, -0.25) is 28.8 Å². The number of rotatable bonds is 13. The summed E-state index contributed by atoms with van der Waals surface area (Å²) in [5.41, 5.74) is 5.21. The molecular weight excluding hydrogens is 843 g/mol. The average Bonchev–Trinajstić information content (AvgIpc) is 4.17. The Labute approximate surface area is 391 Å². The summed E-state index contributed by atoms with van der Waals surface area (Å²) in [7, 11) is 0. The molecule has 0 bridgehead atoms. The molecule has 13 nitrogen and oxygen atoms in total. The van der Waals surface area contributed by atoms with E-state index in [-0.39, 0.29) is 47.3 Å². The number of nitrogens with zero attached hydrogens (tertiary/aromatic N) is 2. The van der Waals surface area contributed by atoms with Crippen LogP contribution >= 0.6 is 0 Å². The molecule has 2 saturated carbocycles. The maximum Gasteiger partial charge on any atom is 0.250 e. The van der Waals surface area contributed by atoms with E-state index < -0.39 is 24.2 Å². The van der Waals surface area contributed by atoms with Crippen LogP contribution in [0.25, 0.3) is 22.2 Å². The first kappa shape index (κ1) is 45.4. The van der Waals surface area contributed by atoms with Crippen molar-refractivity contribution in [3.05, 3.63) is 120 Å². The van der Waals surface area contributed by atoms with Crippen LogP contribution in [0.1, 0.15) is 113 Å². The predicted octanol–water partition coefficient (Wildman–Crippen LogP) is 8.57. The van der Waals surface area contributed by atoms with E-state index in [9.17, 15) is 28.8 Å². The number of benzene rings is 4. The van der Waals surface area contributed by atoms with Crippen LogP contribution < -0.4 is 21.3 Å². The van der Waals surface area contributed by atoms with Crippen LogP contribution in [0.2, 0.25) is 0 Å². The Kier molecular flexibility index (Phi) is 14.1. The molecule has 0 spiro atoms. The van der Waals surface area contributed by atoms with E-state index in [1.54, 1.807) is 9.80 Å². The van der Waals surface area contributed by atoms with E-state index in [1.165, 1.54) is 0 Å². The molecule has 4 aromatic carbocycles. The second kappa shape index (κ2) is 20.8. The lowest BCUT2D eigenvalue weighted by Crippen LogP contribution is -2.49. The summed E-state index contributed by atoms with van der Waals surface area (Å²) in [5.74, 6) is -1.51. The highest BCUT2D eigenvalue weighted by molar-refractivity contribution is 6.01. The Bertz CT molecular complexity index is 2570. The number of H-pyrrole nitrogens is 1. The fourth-order valence-corrected chi connectivity index (χ4v) is 10.6. The number of amides is 6. The van der Waals surface area contributed by atoms with Crippen molar-refractivity contribution in [2.75, 3.05) is 23.7 Å². The molecule has 348 valence electrons. The Morgan fingerprint density at radius 2 is 0.940 bits per heavy atom. The van der Waals surface area contributed by atoms with Crippen LogP contribution in [0.15, 0.2) is 109 Å². The van der Waals surface area contributed by atoms with E-state index >= 15 is 0 Å².